The third-order valence-electron chi connectivity index (χ3n) is 6.30. The Labute approximate surface area is 229 Å². The largest absolute Gasteiger partial charge is 0.332 e. The van der Waals surface area contributed by atoms with Gasteiger partial charge in [-0.15, -0.1) is 10.2 Å². The molecule has 6 nitrogen and oxygen atoms in total. The summed E-state index contributed by atoms with van der Waals surface area (Å²) in [7, 11) is 0. The van der Waals surface area contributed by atoms with Crippen molar-refractivity contribution in [1.29, 1.82) is 0 Å². The van der Waals surface area contributed by atoms with Gasteiger partial charge in [0.1, 0.15) is 11.0 Å². The molecule has 4 aromatic carbocycles. The van der Waals surface area contributed by atoms with E-state index in [0.29, 0.717) is 5.56 Å². The van der Waals surface area contributed by atoms with Crippen LogP contribution >= 0.6 is 28.1 Å². The standard InChI is InChI=1S/C29H26BrN5OS/c1-3-4-7-19-12-14-20(15-13-19)35-33-26-16-18(2)25(17-27(26)34-35)31-29(37)32-28(36)23-10-5-9-22-21(23)8-6-11-24(22)30/h5-6,8-17H,3-4,7H2,1-2H3,(H2,31,32,36,37). The minimum absolute atomic E-state index is 0.217. The summed E-state index contributed by atoms with van der Waals surface area (Å²) in [6.07, 6.45) is 3.44. The number of hydrogen-bond acceptors (Lipinski definition) is 4. The summed E-state index contributed by atoms with van der Waals surface area (Å²) >= 11 is 9.02. The summed E-state index contributed by atoms with van der Waals surface area (Å²) < 4.78 is 0.935. The van der Waals surface area contributed by atoms with Crippen LogP contribution in [-0.4, -0.2) is 26.0 Å². The molecule has 0 aliphatic carbocycles. The van der Waals surface area contributed by atoms with Gasteiger partial charge in [0.15, 0.2) is 5.11 Å². The van der Waals surface area contributed by atoms with Crippen molar-refractivity contribution in [3.05, 3.63) is 94.0 Å². The number of thiocarbonyl (C=S) groups is 1. The molecule has 0 aliphatic heterocycles. The van der Waals surface area contributed by atoms with Gasteiger partial charge < -0.3 is 5.32 Å². The molecule has 1 aromatic heterocycles. The van der Waals surface area contributed by atoms with Gasteiger partial charge in [0.05, 0.1) is 5.69 Å². The first-order chi connectivity index (χ1) is 17.9. The van der Waals surface area contributed by atoms with Gasteiger partial charge in [-0.25, -0.2) is 0 Å². The number of halogens is 1. The maximum absolute atomic E-state index is 13.0. The molecular formula is C29H26BrN5OS. The number of nitrogens with one attached hydrogen (secondary N) is 2. The highest BCUT2D eigenvalue weighted by molar-refractivity contribution is 9.10. The van der Waals surface area contributed by atoms with Crippen molar-refractivity contribution in [1.82, 2.24) is 20.3 Å². The van der Waals surface area contributed by atoms with E-state index < -0.39 is 0 Å². The van der Waals surface area contributed by atoms with Crippen molar-refractivity contribution < 1.29 is 4.79 Å². The monoisotopic (exact) mass is 571 g/mol. The van der Waals surface area contributed by atoms with Crippen LogP contribution in [0, 0.1) is 6.92 Å². The number of benzene rings is 4. The van der Waals surface area contributed by atoms with Gasteiger partial charge in [-0.2, -0.15) is 4.80 Å². The quantitative estimate of drug-likeness (QED) is 0.212. The molecule has 0 unspecified atom stereocenters. The molecule has 0 radical (unpaired) electrons. The fourth-order valence-electron chi connectivity index (χ4n) is 4.29. The smallest absolute Gasteiger partial charge is 0.258 e. The van der Waals surface area contributed by atoms with E-state index >= 15 is 0 Å². The lowest BCUT2D eigenvalue weighted by Gasteiger charge is -2.13. The zero-order valence-electron chi connectivity index (χ0n) is 20.6. The van der Waals surface area contributed by atoms with E-state index in [-0.39, 0.29) is 11.0 Å². The third-order valence-corrected chi connectivity index (χ3v) is 7.20. The Balaban J connectivity index is 1.33. The Morgan fingerprint density at radius 1 is 0.973 bits per heavy atom. The summed E-state index contributed by atoms with van der Waals surface area (Å²) in [5, 5.41) is 17.3. The minimum atomic E-state index is -0.270. The number of rotatable bonds is 6. The molecule has 0 bridgehead atoms. The molecule has 186 valence electrons. The number of anilines is 1. The summed E-state index contributed by atoms with van der Waals surface area (Å²) in [5.41, 5.74) is 6.01. The van der Waals surface area contributed by atoms with Gasteiger partial charge in [0.25, 0.3) is 5.91 Å². The molecule has 1 amide bonds. The van der Waals surface area contributed by atoms with Crippen molar-refractivity contribution >= 4 is 66.7 Å². The van der Waals surface area contributed by atoms with Crippen LogP contribution in [0.2, 0.25) is 0 Å². The topological polar surface area (TPSA) is 71.8 Å². The van der Waals surface area contributed by atoms with Gasteiger partial charge in [-0.1, -0.05) is 65.7 Å². The number of aromatic nitrogens is 3. The second kappa shape index (κ2) is 10.8. The SMILES string of the molecule is CCCCc1ccc(-n2nc3cc(C)c(NC(=S)NC(=O)c4cccc5c(Br)cccc45)cc3n2)cc1. The van der Waals surface area contributed by atoms with Gasteiger partial charge in [-0.3, -0.25) is 10.1 Å². The Bertz CT molecular complexity index is 1630. The lowest BCUT2D eigenvalue weighted by molar-refractivity contribution is 0.0979. The number of fused-ring (bicyclic) bond motifs is 2. The first-order valence-corrected chi connectivity index (χ1v) is 13.4. The molecule has 0 saturated heterocycles. The van der Waals surface area contributed by atoms with Crippen molar-refractivity contribution in [3.63, 3.8) is 0 Å². The van der Waals surface area contributed by atoms with Crippen LogP contribution in [-0.2, 0) is 6.42 Å². The van der Waals surface area contributed by atoms with Crippen LogP contribution in [0.1, 0.15) is 41.3 Å². The molecule has 5 aromatic rings. The summed E-state index contributed by atoms with van der Waals surface area (Å²) in [5.74, 6) is -0.270. The Kier molecular flexibility index (Phi) is 7.30. The predicted molar refractivity (Wildman–Crippen MR) is 158 cm³/mol. The van der Waals surface area contributed by atoms with E-state index in [0.717, 1.165) is 49.6 Å². The minimum Gasteiger partial charge on any atom is -0.332 e. The van der Waals surface area contributed by atoms with Crippen LogP contribution in [0.15, 0.2) is 77.3 Å². The number of unbranched alkanes of at least 4 members (excludes halogenated alkanes) is 1. The fourth-order valence-corrected chi connectivity index (χ4v) is 4.99. The molecule has 37 heavy (non-hydrogen) atoms. The van der Waals surface area contributed by atoms with Crippen molar-refractivity contribution in [3.8, 4) is 5.69 Å². The molecule has 5 rings (SSSR count). The molecule has 8 heteroatoms. The first-order valence-electron chi connectivity index (χ1n) is 12.2. The maximum Gasteiger partial charge on any atom is 0.258 e. The molecule has 2 N–H and O–H groups in total. The molecule has 0 spiro atoms. The third kappa shape index (κ3) is 5.40. The first kappa shape index (κ1) is 25.0. The second-order valence-electron chi connectivity index (χ2n) is 8.96. The zero-order valence-corrected chi connectivity index (χ0v) is 23.0. The molecular weight excluding hydrogens is 546 g/mol. The molecule has 0 fully saturated rings. The normalized spacial score (nSPS) is 11.1. The lowest BCUT2D eigenvalue weighted by Crippen LogP contribution is -2.34. The van der Waals surface area contributed by atoms with E-state index in [1.165, 1.54) is 18.4 Å². The van der Waals surface area contributed by atoms with Crippen molar-refractivity contribution in [2.24, 2.45) is 0 Å². The van der Waals surface area contributed by atoms with Crippen LogP contribution in [0.5, 0.6) is 0 Å². The Morgan fingerprint density at radius 3 is 2.43 bits per heavy atom. The van der Waals surface area contributed by atoms with E-state index in [1.54, 1.807) is 10.9 Å². The molecule has 0 atom stereocenters. The number of nitrogens with zero attached hydrogens (tertiary/aromatic N) is 3. The predicted octanol–water partition coefficient (Wildman–Crippen LogP) is 7.11. The van der Waals surface area contributed by atoms with Crippen molar-refractivity contribution in [2.75, 3.05) is 5.32 Å². The number of carbonyl (C=O) groups excluding carboxylic acids is 1. The van der Waals surface area contributed by atoms with E-state index in [1.807, 2.05) is 61.5 Å². The van der Waals surface area contributed by atoms with Crippen LogP contribution < -0.4 is 10.6 Å². The molecule has 1 heterocycles. The number of carbonyl (C=O) groups is 1. The highest BCUT2D eigenvalue weighted by Crippen LogP contribution is 2.27. The van der Waals surface area contributed by atoms with Gasteiger partial charge in [0.2, 0.25) is 0 Å². The fraction of sp³-hybridized carbons (Fsp3) is 0.172. The number of hydrogen-bond donors (Lipinski definition) is 2. The highest BCUT2D eigenvalue weighted by Gasteiger charge is 2.14. The van der Waals surface area contributed by atoms with E-state index in [2.05, 4.69) is 55.8 Å². The van der Waals surface area contributed by atoms with Gasteiger partial charge in [0, 0.05) is 15.7 Å². The molecule has 0 aliphatic rings. The summed E-state index contributed by atoms with van der Waals surface area (Å²) in [4.78, 5) is 14.7. The lowest BCUT2D eigenvalue weighted by atomic mass is 10.0. The summed E-state index contributed by atoms with van der Waals surface area (Å²) in [6.45, 7) is 4.17. The number of amides is 1. The maximum atomic E-state index is 13.0. The average molecular weight is 573 g/mol. The molecule has 0 saturated carbocycles. The van der Waals surface area contributed by atoms with Gasteiger partial charge >= 0.3 is 0 Å². The van der Waals surface area contributed by atoms with E-state index in [4.69, 9.17) is 12.2 Å². The van der Waals surface area contributed by atoms with Crippen LogP contribution in [0.4, 0.5) is 5.69 Å². The number of aryl methyl sites for hydroxylation is 2. The van der Waals surface area contributed by atoms with Crippen LogP contribution in [0.3, 0.4) is 0 Å². The Morgan fingerprint density at radius 2 is 1.68 bits per heavy atom. The van der Waals surface area contributed by atoms with Crippen molar-refractivity contribution in [2.45, 2.75) is 33.1 Å². The Hall–Kier alpha value is -3.62. The highest BCUT2D eigenvalue weighted by atomic mass is 79.9. The van der Waals surface area contributed by atoms with Gasteiger partial charge in [-0.05, 0) is 90.3 Å². The average Bonchev–Trinajstić information content (AvgIpc) is 3.30. The van der Waals surface area contributed by atoms with E-state index in [9.17, 15) is 4.79 Å². The summed E-state index contributed by atoms with van der Waals surface area (Å²) in [6, 6.07) is 23.6. The van der Waals surface area contributed by atoms with Crippen LogP contribution in [0.25, 0.3) is 27.5 Å². The zero-order chi connectivity index (χ0) is 25.9. The second-order valence-corrected chi connectivity index (χ2v) is 10.2.